The lowest BCUT2D eigenvalue weighted by atomic mass is 9.91. The number of nitrogens with zero attached hydrogens (tertiary/aromatic N) is 4. The van der Waals surface area contributed by atoms with Crippen LogP contribution in [-0.2, 0) is 4.74 Å². The van der Waals surface area contributed by atoms with Crippen LogP contribution in [0.4, 0.5) is 22.0 Å². The maximum absolute atomic E-state index is 13.1. The molecule has 1 saturated heterocycles. The lowest BCUT2D eigenvalue weighted by molar-refractivity contribution is 0.0798. The normalized spacial score (nSPS) is 21.5. The van der Waals surface area contributed by atoms with Crippen LogP contribution in [0.5, 0.6) is 0 Å². The van der Waals surface area contributed by atoms with E-state index in [4.69, 9.17) is 21.4 Å². The lowest BCUT2D eigenvalue weighted by Gasteiger charge is -2.31. The molecule has 3 aromatic heterocycles. The first-order valence-corrected chi connectivity index (χ1v) is 14.4. The Labute approximate surface area is 237 Å². The number of rotatable bonds is 8. The highest BCUT2D eigenvalue weighted by Crippen LogP contribution is 2.30. The summed E-state index contributed by atoms with van der Waals surface area (Å²) >= 11 is 5.97. The second kappa shape index (κ2) is 11.8. The summed E-state index contributed by atoms with van der Waals surface area (Å²) in [7, 11) is 0. The fraction of sp³-hybridized carbons (Fsp3) is 0.519. The Balaban J connectivity index is 1.11. The van der Waals surface area contributed by atoms with E-state index in [1.807, 2.05) is 6.07 Å². The molecule has 6 rings (SSSR count). The monoisotopic (exact) mass is 567 g/mol. The molecule has 2 aliphatic carbocycles. The molecule has 0 spiro atoms. The van der Waals surface area contributed by atoms with Crippen molar-refractivity contribution in [3.05, 3.63) is 41.4 Å². The minimum atomic E-state index is -0.345. The van der Waals surface area contributed by atoms with Crippen molar-refractivity contribution < 1.29 is 14.3 Å². The number of carbonyl (C=O) groups is 2. The third-order valence-electron chi connectivity index (χ3n) is 7.59. The number of nitrogens with one attached hydrogen (secondary N) is 5. The largest absolute Gasteiger partial charge is 0.381 e. The minimum Gasteiger partial charge on any atom is -0.381 e. The molecule has 0 radical (unpaired) electrons. The molecule has 2 saturated carbocycles. The van der Waals surface area contributed by atoms with Crippen molar-refractivity contribution in [3.8, 4) is 0 Å². The topological polar surface area (TPSA) is 147 Å². The number of fused-ring (bicyclic) bond motifs is 1. The fourth-order valence-corrected chi connectivity index (χ4v) is 5.44. The molecule has 12 nitrogen and oxygen atoms in total. The summed E-state index contributed by atoms with van der Waals surface area (Å²) in [6.07, 6.45) is 10.5. The Kier molecular flexibility index (Phi) is 7.87. The van der Waals surface area contributed by atoms with Crippen molar-refractivity contribution in [1.29, 1.82) is 0 Å². The van der Waals surface area contributed by atoms with Crippen LogP contribution in [0.2, 0.25) is 5.15 Å². The quantitative estimate of drug-likeness (QED) is 0.258. The van der Waals surface area contributed by atoms with Crippen LogP contribution in [0.3, 0.4) is 0 Å². The summed E-state index contributed by atoms with van der Waals surface area (Å²) in [6.45, 7) is 1.40. The molecule has 3 amide bonds. The van der Waals surface area contributed by atoms with E-state index < -0.39 is 0 Å². The molecule has 212 valence electrons. The van der Waals surface area contributed by atoms with Crippen molar-refractivity contribution in [1.82, 2.24) is 30.2 Å². The average molecular weight is 568 g/mol. The first-order chi connectivity index (χ1) is 19.5. The Morgan fingerprint density at radius 1 is 0.875 bits per heavy atom. The molecule has 3 fully saturated rings. The smallest absolute Gasteiger partial charge is 0.315 e. The molecule has 5 N–H and O–H groups in total. The van der Waals surface area contributed by atoms with Crippen molar-refractivity contribution in [2.24, 2.45) is 0 Å². The highest BCUT2D eigenvalue weighted by molar-refractivity contribution is 6.29. The summed E-state index contributed by atoms with van der Waals surface area (Å²) in [5, 5.41) is 21.2. The number of amides is 3. The summed E-state index contributed by atoms with van der Waals surface area (Å²) in [6, 6.07) is 6.07. The van der Waals surface area contributed by atoms with Gasteiger partial charge < -0.3 is 31.3 Å². The zero-order valence-corrected chi connectivity index (χ0v) is 22.9. The number of pyridine rings is 1. The zero-order valence-electron chi connectivity index (χ0n) is 22.2. The molecule has 0 unspecified atom stereocenters. The van der Waals surface area contributed by atoms with E-state index in [0.717, 1.165) is 57.1 Å². The van der Waals surface area contributed by atoms with E-state index >= 15 is 0 Å². The molecule has 3 aromatic rings. The van der Waals surface area contributed by atoms with Gasteiger partial charge in [-0.3, -0.25) is 4.79 Å². The molecule has 0 atom stereocenters. The molecule has 0 bridgehead atoms. The molecular formula is C27H34ClN9O3. The van der Waals surface area contributed by atoms with E-state index in [-0.39, 0.29) is 30.1 Å². The van der Waals surface area contributed by atoms with E-state index in [1.54, 1.807) is 16.6 Å². The van der Waals surface area contributed by atoms with E-state index in [1.165, 1.54) is 12.4 Å². The predicted molar refractivity (Wildman–Crippen MR) is 152 cm³/mol. The third-order valence-corrected chi connectivity index (χ3v) is 7.80. The average Bonchev–Trinajstić information content (AvgIpc) is 3.65. The zero-order chi connectivity index (χ0) is 27.5. The van der Waals surface area contributed by atoms with Crippen LogP contribution in [0.25, 0.3) is 5.65 Å². The van der Waals surface area contributed by atoms with Gasteiger partial charge in [0.05, 0.1) is 11.9 Å². The Morgan fingerprint density at radius 3 is 2.27 bits per heavy atom. The molecule has 13 heteroatoms. The number of anilines is 3. The summed E-state index contributed by atoms with van der Waals surface area (Å²) < 4.78 is 6.95. The van der Waals surface area contributed by atoms with Gasteiger partial charge in [0, 0.05) is 55.3 Å². The second-order valence-electron chi connectivity index (χ2n) is 10.8. The summed E-state index contributed by atoms with van der Waals surface area (Å²) in [4.78, 5) is 34.0. The second-order valence-corrected chi connectivity index (χ2v) is 11.1. The number of hydrogen-bond donors (Lipinski definition) is 5. The van der Waals surface area contributed by atoms with Crippen molar-refractivity contribution in [3.63, 3.8) is 0 Å². The van der Waals surface area contributed by atoms with E-state index in [9.17, 15) is 9.59 Å². The van der Waals surface area contributed by atoms with Gasteiger partial charge >= 0.3 is 6.03 Å². The number of imidazole rings is 1. The van der Waals surface area contributed by atoms with Gasteiger partial charge in [0.1, 0.15) is 11.0 Å². The Morgan fingerprint density at radius 2 is 1.55 bits per heavy atom. The molecule has 0 aromatic carbocycles. The van der Waals surface area contributed by atoms with Crippen LogP contribution in [0.15, 0.2) is 30.6 Å². The fourth-order valence-electron chi connectivity index (χ4n) is 5.27. The third kappa shape index (κ3) is 6.56. The lowest BCUT2D eigenvalue weighted by Crippen LogP contribution is -2.49. The summed E-state index contributed by atoms with van der Waals surface area (Å²) in [5.74, 6) is 0.325. The first-order valence-electron chi connectivity index (χ1n) is 14.0. The van der Waals surface area contributed by atoms with Crippen LogP contribution in [-0.4, -0.2) is 68.9 Å². The number of ether oxygens (including phenoxy) is 1. The van der Waals surface area contributed by atoms with Gasteiger partial charge in [-0.25, -0.2) is 19.3 Å². The van der Waals surface area contributed by atoms with Gasteiger partial charge in [-0.2, -0.15) is 0 Å². The van der Waals surface area contributed by atoms with Crippen LogP contribution >= 0.6 is 11.6 Å². The van der Waals surface area contributed by atoms with Crippen molar-refractivity contribution >= 4 is 46.4 Å². The molecular weight excluding hydrogens is 534 g/mol. The molecule has 3 aliphatic rings. The van der Waals surface area contributed by atoms with Crippen molar-refractivity contribution in [2.45, 2.75) is 75.5 Å². The number of urea groups is 1. The van der Waals surface area contributed by atoms with Crippen molar-refractivity contribution in [2.75, 3.05) is 29.2 Å². The highest BCUT2D eigenvalue weighted by atomic mass is 35.5. The predicted octanol–water partition coefficient (Wildman–Crippen LogP) is 3.81. The van der Waals surface area contributed by atoms with Gasteiger partial charge in [0.25, 0.3) is 5.91 Å². The Bertz CT molecular complexity index is 1360. The standard InChI is InChI=1S/C27H34ClN9O3/c28-23-13-20(7-10-29-23)33-26(38)22-15-30-25-21(31-16-1-2-16)14-24(36-37(22)25)32-17-3-5-18(6-4-17)34-27(39)35-19-8-11-40-12-9-19/h7,10,13-19,31H,1-6,8-9,11-12H2,(H,32,36)(H,29,33,38)(H2,34,35,39). The minimum absolute atomic E-state index is 0.0915. The SMILES string of the molecule is O=C(NC1CCOCC1)NC1CCC(Nc2cc(NC3CC3)c3ncc(C(=O)Nc4ccnc(Cl)c4)n3n2)CC1. The number of hydrogen-bond acceptors (Lipinski definition) is 8. The molecule has 1 aliphatic heterocycles. The maximum Gasteiger partial charge on any atom is 0.315 e. The van der Waals surface area contributed by atoms with Gasteiger partial charge in [-0.1, -0.05) is 11.6 Å². The van der Waals surface area contributed by atoms with Gasteiger partial charge in [-0.15, -0.1) is 5.10 Å². The number of aromatic nitrogens is 4. The highest BCUT2D eigenvalue weighted by Gasteiger charge is 2.27. The molecule has 4 heterocycles. The van der Waals surface area contributed by atoms with Gasteiger partial charge in [0.2, 0.25) is 0 Å². The van der Waals surface area contributed by atoms with E-state index in [0.29, 0.717) is 47.3 Å². The summed E-state index contributed by atoms with van der Waals surface area (Å²) in [5.41, 5.74) is 2.29. The van der Waals surface area contributed by atoms with Crippen LogP contribution in [0.1, 0.15) is 61.9 Å². The van der Waals surface area contributed by atoms with Gasteiger partial charge in [-0.05, 0) is 63.5 Å². The number of carbonyl (C=O) groups excluding carboxylic acids is 2. The Hall–Kier alpha value is -3.64. The number of halogens is 1. The molecule has 40 heavy (non-hydrogen) atoms. The van der Waals surface area contributed by atoms with Crippen LogP contribution < -0.4 is 26.6 Å². The maximum atomic E-state index is 13.1. The first kappa shape index (κ1) is 26.6. The van der Waals surface area contributed by atoms with Gasteiger partial charge in [0.15, 0.2) is 11.3 Å². The van der Waals surface area contributed by atoms with Crippen LogP contribution in [0, 0.1) is 0 Å². The van der Waals surface area contributed by atoms with E-state index in [2.05, 4.69) is 36.6 Å².